The molecular formula is C23H27ClN2O4. The van der Waals surface area contributed by atoms with Crippen LogP contribution in [-0.4, -0.2) is 36.1 Å². The number of amides is 2. The van der Waals surface area contributed by atoms with Crippen LogP contribution in [0.5, 0.6) is 11.5 Å². The highest BCUT2D eigenvalue weighted by Crippen LogP contribution is 2.32. The van der Waals surface area contributed by atoms with Gasteiger partial charge in [0.1, 0.15) is 6.04 Å². The molecule has 6 nitrogen and oxygen atoms in total. The molecule has 0 saturated carbocycles. The molecule has 1 atom stereocenters. The zero-order valence-electron chi connectivity index (χ0n) is 17.3. The third-order valence-corrected chi connectivity index (χ3v) is 5.32. The van der Waals surface area contributed by atoms with E-state index in [9.17, 15) is 9.59 Å². The maximum Gasteiger partial charge on any atom is 0.242 e. The molecular weight excluding hydrogens is 404 g/mol. The molecule has 1 N–H and O–H groups in total. The molecule has 2 aromatic carbocycles. The molecule has 0 aliphatic carbocycles. The lowest BCUT2D eigenvalue weighted by Gasteiger charge is -2.30. The SMILES string of the molecule is CCNC(=O)[C@H](CC)N(Cc1ccc(Cl)cc1)C(=O)CCc1ccc2c(c1)OCO2. The van der Waals surface area contributed by atoms with Crippen molar-refractivity contribution in [3.05, 3.63) is 58.6 Å². The summed E-state index contributed by atoms with van der Waals surface area (Å²) in [5, 5.41) is 3.48. The van der Waals surface area contributed by atoms with Crippen molar-refractivity contribution in [2.24, 2.45) is 0 Å². The van der Waals surface area contributed by atoms with Crippen LogP contribution in [0.25, 0.3) is 0 Å². The number of nitrogens with zero attached hydrogens (tertiary/aromatic N) is 1. The number of aryl methyl sites for hydroxylation is 1. The Morgan fingerprint density at radius 3 is 2.47 bits per heavy atom. The summed E-state index contributed by atoms with van der Waals surface area (Å²) in [6.07, 6.45) is 1.39. The van der Waals surface area contributed by atoms with Crippen molar-refractivity contribution in [2.45, 2.75) is 45.7 Å². The molecule has 2 aromatic rings. The lowest BCUT2D eigenvalue weighted by atomic mass is 10.1. The van der Waals surface area contributed by atoms with E-state index in [0.717, 1.165) is 16.9 Å². The number of carbonyl (C=O) groups is 2. The predicted molar refractivity (Wildman–Crippen MR) is 116 cm³/mol. The Balaban J connectivity index is 1.74. The van der Waals surface area contributed by atoms with E-state index < -0.39 is 6.04 Å². The summed E-state index contributed by atoms with van der Waals surface area (Å²) in [4.78, 5) is 27.5. The van der Waals surface area contributed by atoms with Gasteiger partial charge in [0.2, 0.25) is 18.6 Å². The third-order valence-electron chi connectivity index (χ3n) is 5.07. The Bertz CT molecular complexity index is 885. The maximum absolute atomic E-state index is 13.2. The van der Waals surface area contributed by atoms with Crippen LogP contribution in [0, 0.1) is 0 Å². The summed E-state index contributed by atoms with van der Waals surface area (Å²) in [5.74, 6) is 1.22. The van der Waals surface area contributed by atoms with Crippen LogP contribution in [0.2, 0.25) is 5.02 Å². The standard InChI is InChI=1S/C23H27ClN2O4/c1-3-19(23(28)25-4-2)26(14-17-5-9-18(24)10-6-17)22(27)12-8-16-7-11-20-21(13-16)30-15-29-20/h5-7,9-11,13,19H,3-4,8,12,14-15H2,1-2H3,(H,25,28)/t19-/m0/s1. The van der Waals surface area contributed by atoms with Crippen molar-refractivity contribution in [2.75, 3.05) is 13.3 Å². The van der Waals surface area contributed by atoms with Crippen molar-refractivity contribution in [3.8, 4) is 11.5 Å². The average Bonchev–Trinajstić information content (AvgIpc) is 3.21. The summed E-state index contributed by atoms with van der Waals surface area (Å²) in [6, 6.07) is 12.5. The second-order valence-electron chi connectivity index (χ2n) is 7.15. The van der Waals surface area contributed by atoms with Gasteiger partial charge in [0.05, 0.1) is 0 Å². The molecule has 1 heterocycles. The molecule has 3 rings (SSSR count). The van der Waals surface area contributed by atoms with Crippen LogP contribution in [0.15, 0.2) is 42.5 Å². The Labute approximate surface area is 182 Å². The van der Waals surface area contributed by atoms with Gasteiger partial charge in [-0.3, -0.25) is 9.59 Å². The molecule has 0 radical (unpaired) electrons. The number of hydrogen-bond donors (Lipinski definition) is 1. The molecule has 0 bridgehead atoms. The predicted octanol–water partition coefficient (Wildman–Crippen LogP) is 3.94. The number of carbonyl (C=O) groups excluding carboxylic acids is 2. The van der Waals surface area contributed by atoms with Gasteiger partial charge in [-0.1, -0.05) is 36.7 Å². The highest BCUT2D eigenvalue weighted by molar-refractivity contribution is 6.30. The first-order valence-electron chi connectivity index (χ1n) is 10.2. The molecule has 0 saturated heterocycles. The normalized spacial score (nSPS) is 13.0. The van der Waals surface area contributed by atoms with Crippen molar-refractivity contribution in [3.63, 3.8) is 0 Å². The third kappa shape index (κ3) is 5.45. The number of likely N-dealkylation sites (N-methyl/N-ethyl adjacent to an activating group) is 1. The van der Waals surface area contributed by atoms with E-state index in [1.165, 1.54) is 0 Å². The van der Waals surface area contributed by atoms with Gasteiger partial charge in [-0.15, -0.1) is 0 Å². The van der Waals surface area contributed by atoms with Gasteiger partial charge >= 0.3 is 0 Å². The van der Waals surface area contributed by atoms with Crippen LogP contribution in [0.4, 0.5) is 0 Å². The lowest BCUT2D eigenvalue weighted by molar-refractivity contribution is -0.141. The molecule has 2 amide bonds. The van der Waals surface area contributed by atoms with E-state index in [0.29, 0.717) is 43.1 Å². The molecule has 0 spiro atoms. The summed E-state index contributed by atoms with van der Waals surface area (Å²) in [7, 11) is 0. The first-order chi connectivity index (χ1) is 14.5. The highest BCUT2D eigenvalue weighted by Gasteiger charge is 2.28. The van der Waals surface area contributed by atoms with Crippen LogP contribution in [-0.2, 0) is 22.6 Å². The maximum atomic E-state index is 13.2. The van der Waals surface area contributed by atoms with Crippen molar-refractivity contribution in [1.29, 1.82) is 0 Å². The number of fused-ring (bicyclic) bond motifs is 1. The summed E-state index contributed by atoms with van der Waals surface area (Å²) < 4.78 is 10.8. The number of benzene rings is 2. The van der Waals surface area contributed by atoms with Gasteiger partial charge in [0.25, 0.3) is 0 Å². The minimum atomic E-state index is -0.523. The zero-order chi connectivity index (χ0) is 21.5. The lowest BCUT2D eigenvalue weighted by Crippen LogP contribution is -2.49. The molecule has 0 fully saturated rings. The van der Waals surface area contributed by atoms with Crippen molar-refractivity contribution < 1.29 is 19.1 Å². The van der Waals surface area contributed by atoms with E-state index in [-0.39, 0.29) is 18.6 Å². The molecule has 160 valence electrons. The monoisotopic (exact) mass is 430 g/mol. The Hall–Kier alpha value is -2.73. The van der Waals surface area contributed by atoms with E-state index >= 15 is 0 Å². The second-order valence-corrected chi connectivity index (χ2v) is 7.59. The number of halogens is 1. The first-order valence-corrected chi connectivity index (χ1v) is 10.6. The van der Waals surface area contributed by atoms with Crippen LogP contribution < -0.4 is 14.8 Å². The molecule has 0 unspecified atom stereocenters. The van der Waals surface area contributed by atoms with Gasteiger partial charge in [-0.05, 0) is 55.2 Å². The minimum absolute atomic E-state index is 0.0688. The number of hydrogen-bond acceptors (Lipinski definition) is 4. The minimum Gasteiger partial charge on any atom is -0.454 e. The van der Waals surface area contributed by atoms with E-state index in [2.05, 4.69) is 5.32 Å². The second kappa shape index (κ2) is 10.3. The molecule has 30 heavy (non-hydrogen) atoms. The Kier molecular flexibility index (Phi) is 7.57. The van der Waals surface area contributed by atoms with Crippen LogP contribution >= 0.6 is 11.6 Å². The Morgan fingerprint density at radius 2 is 1.77 bits per heavy atom. The number of rotatable bonds is 9. The fourth-order valence-corrected chi connectivity index (χ4v) is 3.62. The first kappa shape index (κ1) is 22.0. The number of ether oxygens (including phenoxy) is 2. The topological polar surface area (TPSA) is 67.9 Å². The number of nitrogens with one attached hydrogen (secondary N) is 1. The summed E-state index contributed by atoms with van der Waals surface area (Å²) in [6.45, 7) is 4.88. The van der Waals surface area contributed by atoms with Crippen molar-refractivity contribution >= 4 is 23.4 Å². The molecule has 1 aliphatic rings. The molecule has 7 heteroatoms. The molecule has 0 aromatic heterocycles. The van der Waals surface area contributed by atoms with Crippen LogP contribution in [0.3, 0.4) is 0 Å². The largest absolute Gasteiger partial charge is 0.454 e. The smallest absolute Gasteiger partial charge is 0.242 e. The highest BCUT2D eigenvalue weighted by atomic mass is 35.5. The van der Waals surface area contributed by atoms with Gasteiger partial charge in [-0.2, -0.15) is 0 Å². The fourth-order valence-electron chi connectivity index (χ4n) is 3.49. The van der Waals surface area contributed by atoms with Gasteiger partial charge < -0.3 is 19.7 Å². The fraction of sp³-hybridized carbons (Fsp3) is 0.391. The van der Waals surface area contributed by atoms with Crippen molar-refractivity contribution in [1.82, 2.24) is 10.2 Å². The van der Waals surface area contributed by atoms with E-state index in [4.69, 9.17) is 21.1 Å². The van der Waals surface area contributed by atoms with Gasteiger partial charge in [-0.25, -0.2) is 0 Å². The summed E-state index contributed by atoms with van der Waals surface area (Å²) in [5.41, 5.74) is 1.92. The van der Waals surface area contributed by atoms with E-state index in [1.54, 1.807) is 17.0 Å². The quantitative estimate of drug-likeness (QED) is 0.654. The molecule has 1 aliphatic heterocycles. The van der Waals surface area contributed by atoms with E-state index in [1.807, 2.05) is 44.2 Å². The van der Waals surface area contributed by atoms with Gasteiger partial charge in [0.15, 0.2) is 11.5 Å². The zero-order valence-corrected chi connectivity index (χ0v) is 18.1. The van der Waals surface area contributed by atoms with Gasteiger partial charge in [0, 0.05) is 24.5 Å². The Morgan fingerprint density at radius 1 is 1.07 bits per heavy atom. The summed E-state index contributed by atoms with van der Waals surface area (Å²) >= 11 is 5.99. The van der Waals surface area contributed by atoms with Crippen LogP contribution in [0.1, 0.15) is 37.8 Å². The average molecular weight is 431 g/mol.